The van der Waals surface area contributed by atoms with Gasteiger partial charge in [0, 0.05) is 13.1 Å². The number of rotatable bonds is 3. The molecule has 0 aliphatic carbocycles. The highest BCUT2D eigenvalue weighted by molar-refractivity contribution is 7.89. The van der Waals surface area contributed by atoms with Crippen molar-refractivity contribution >= 4 is 10.0 Å². The number of nitrogens with two attached hydrogens (primary N) is 1. The van der Waals surface area contributed by atoms with E-state index in [0.717, 1.165) is 12.8 Å². The third-order valence-corrected chi connectivity index (χ3v) is 5.72. The van der Waals surface area contributed by atoms with Crippen molar-refractivity contribution in [3.63, 3.8) is 0 Å². The zero-order valence-electron chi connectivity index (χ0n) is 10.7. The average Bonchev–Trinajstić information content (AvgIpc) is 2.40. The van der Waals surface area contributed by atoms with Crippen LogP contribution >= 0.6 is 0 Å². The number of piperidine rings is 1. The standard InChI is InChI=1S/C13H20N2O2S/c1-13(11-14)7-9-15(10-8-13)18(16,17)12-5-3-2-4-6-12/h2-6H,7-11,14H2,1H3. The molecule has 0 saturated carbocycles. The van der Waals surface area contributed by atoms with Gasteiger partial charge in [0.05, 0.1) is 4.90 Å². The lowest BCUT2D eigenvalue weighted by Gasteiger charge is -2.37. The van der Waals surface area contributed by atoms with Crippen molar-refractivity contribution in [2.24, 2.45) is 11.1 Å². The van der Waals surface area contributed by atoms with E-state index >= 15 is 0 Å². The molecule has 0 aromatic heterocycles. The van der Waals surface area contributed by atoms with Gasteiger partial charge >= 0.3 is 0 Å². The van der Waals surface area contributed by atoms with Crippen LogP contribution in [0.3, 0.4) is 0 Å². The van der Waals surface area contributed by atoms with Crippen molar-refractivity contribution in [1.29, 1.82) is 0 Å². The Morgan fingerprint density at radius 3 is 2.28 bits per heavy atom. The van der Waals surface area contributed by atoms with E-state index in [0.29, 0.717) is 24.5 Å². The van der Waals surface area contributed by atoms with Crippen molar-refractivity contribution < 1.29 is 8.42 Å². The molecule has 1 aliphatic heterocycles. The minimum atomic E-state index is -3.33. The first-order chi connectivity index (χ1) is 8.48. The zero-order valence-corrected chi connectivity index (χ0v) is 11.5. The molecular weight excluding hydrogens is 248 g/mol. The fraction of sp³-hybridized carbons (Fsp3) is 0.538. The molecule has 1 aromatic carbocycles. The van der Waals surface area contributed by atoms with Crippen molar-refractivity contribution in [2.75, 3.05) is 19.6 Å². The number of benzene rings is 1. The molecule has 0 atom stereocenters. The van der Waals surface area contributed by atoms with E-state index in [1.54, 1.807) is 28.6 Å². The summed E-state index contributed by atoms with van der Waals surface area (Å²) in [4.78, 5) is 0.376. The SMILES string of the molecule is CC1(CN)CCN(S(=O)(=O)c2ccccc2)CC1. The number of nitrogens with zero attached hydrogens (tertiary/aromatic N) is 1. The molecule has 1 saturated heterocycles. The Kier molecular flexibility index (Phi) is 3.75. The second-order valence-electron chi connectivity index (χ2n) is 5.23. The second kappa shape index (κ2) is 4.99. The highest BCUT2D eigenvalue weighted by Gasteiger charge is 2.34. The minimum Gasteiger partial charge on any atom is -0.330 e. The monoisotopic (exact) mass is 268 g/mol. The first-order valence-corrected chi connectivity index (χ1v) is 7.67. The third kappa shape index (κ3) is 2.58. The van der Waals surface area contributed by atoms with Gasteiger partial charge in [-0.15, -0.1) is 0 Å². The van der Waals surface area contributed by atoms with Crippen LogP contribution in [0.1, 0.15) is 19.8 Å². The van der Waals surface area contributed by atoms with Gasteiger partial charge in [0.25, 0.3) is 0 Å². The Labute approximate surface area is 109 Å². The summed E-state index contributed by atoms with van der Waals surface area (Å²) in [5, 5.41) is 0. The zero-order chi connectivity index (χ0) is 13.2. The number of sulfonamides is 1. The van der Waals surface area contributed by atoms with Gasteiger partial charge in [-0.1, -0.05) is 25.1 Å². The smallest absolute Gasteiger partial charge is 0.243 e. The predicted octanol–water partition coefficient (Wildman–Crippen LogP) is 1.44. The van der Waals surface area contributed by atoms with Gasteiger partial charge in [-0.25, -0.2) is 8.42 Å². The van der Waals surface area contributed by atoms with E-state index < -0.39 is 10.0 Å². The van der Waals surface area contributed by atoms with Crippen LogP contribution in [0.4, 0.5) is 0 Å². The molecule has 0 spiro atoms. The minimum absolute atomic E-state index is 0.0860. The van der Waals surface area contributed by atoms with Gasteiger partial charge in [0.1, 0.15) is 0 Å². The van der Waals surface area contributed by atoms with Crippen LogP contribution < -0.4 is 5.73 Å². The summed E-state index contributed by atoms with van der Waals surface area (Å²) in [6, 6.07) is 8.61. The van der Waals surface area contributed by atoms with Crippen LogP contribution in [0.25, 0.3) is 0 Å². The largest absolute Gasteiger partial charge is 0.330 e. The molecule has 18 heavy (non-hydrogen) atoms. The molecule has 0 amide bonds. The maximum atomic E-state index is 12.4. The molecule has 0 bridgehead atoms. The van der Waals surface area contributed by atoms with E-state index in [1.165, 1.54) is 0 Å². The van der Waals surface area contributed by atoms with Crippen molar-refractivity contribution in [3.8, 4) is 0 Å². The summed E-state index contributed by atoms with van der Waals surface area (Å²) in [5.41, 5.74) is 5.82. The molecule has 1 aromatic rings. The van der Waals surface area contributed by atoms with Crippen molar-refractivity contribution in [1.82, 2.24) is 4.31 Å². The van der Waals surface area contributed by atoms with Gasteiger partial charge in [-0.3, -0.25) is 0 Å². The number of hydrogen-bond acceptors (Lipinski definition) is 3. The molecule has 2 N–H and O–H groups in total. The fourth-order valence-corrected chi connectivity index (χ4v) is 3.67. The summed E-state index contributed by atoms with van der Waals surface area (Å²) in [6.07, 6.45) is 1.66. The maximum absolute atomic E-state index is 12.4. The van der Waals surface area contributed by atoms with E-state index in [1.807, 2.05) is 6.07 Å². The van der Waals surface area contributed by atoms with Crippen LogP contribution in [0, 0.1) is 5.41 Å². The van der Waals surface area contributed by atoms with Gasteiger partial charge in [-0.2, -0.15) is 4.31 Å². The van der Waals surface area contributed by atoms with E-state index in [9.17, 15) is 8.42 Å². The van der Waals surface area contributed by atoms with Crippen LogP contribution in [0.15, 0.2) is 35.2 Å². The van der Waals surface area contributed by atoms with Crippen molar-refractivity contribution in [3.05, 3.63) is 30.3 Å². The van der Waals surface area contributed by atoms with Gasteiger partial charge in [0.2, 0.25) is 10.0 Å². The summed E-state index contributed by atoms with van der Waals surface area (Å²) < 4.78 is 26.3. The van der Waals surface area contributed by atoms with Crippen LogP contribution in [0.2, 0.25) is 0 Å². The quantitative estimate of drug-likeness (QED) is 0.902. The molecule has 2 rings (SSSR count). The van der Waals surface area contributed by atoms with E-state index in [4.69, 9.17) is 5.73 Å². The summed E-state index contributed by atoms with van der Waals surface area (Å²) in [6.45, 7) is 3.86. The number of hydrogen-bond donors (Lipinski definition) is 1. The van der Waals surface area contributed by atoms with Crippen LogP contribution in [-0.4, -0.2) is 32.4 Å². The molecule has 1 fully saturated rings. The molecule has 1 aliphatic rings. The van der Waals surface area contributed by atoms with E-state index in [-0.39, 0.29) is 5.41 Å². The first kappa shape index (κ1) is 13.5. The van der Waals surface area contributed by atoms with Crippen LogP contribution in [-0.2, 0) is 10.0 Å². The summed E-state index contributed by atoms with van der Waals surface area (Å²) in [7, 11) is -3.33. The molecule has 1 heterocycles. The molecular formula is C13H20N2O2S. The summed E-state index contributed by atoms with van der Waals surface area (Å²) >= 11 is 0. The molecule has 0 unspecified atom stereocenters. The van der Waals surface area contributed by atoms with Gasteiger partial charge < -0.3 is 5.73 Å². The highest BCUT2D eigenvalue weighted by Crippen LogP contribution is 2.31. The Hall–Kier alpha value is -0.910. The van der Waals surface area contributed by atoms with Crippen LogP contribution in [0.5, 0.6) is 0 Å². The highest BCUT2D eigenvalue weighted by atomic mass is 32.2. The predicted molar refractivity (Wildman–Crippen MR) is 71.6 cm³/mol. The maximum Gasteiger partial charge on any atom is 0.243 e. The molecule has 100 valence electrons. The lowest BCUT2D eigenvalue weighted by Crippen LogP contribution is -2.44. The Balaban J connectivity index is 2.15. The van der Waals surface area contributed by atoms with E-state index in [2.05, 4.69) is 6.92 Å². The third-order valence-electron chi connectivity index (χ3n) is 3.80. The molecule has 5 heteroatoms. The Morgan fingerprint density at radius 1 is 1.22 bits per heavy atom. The first-order valence-electron chi connectivity index (χ1n) is 6.23. The van der Waals surface area contributed by atoms with Gasteiger partial charge in [0.15, 0.2) is 0 Å². The van der Waals surface area contributed by atoms with Gasteiger partial charge in [-0.05, 0) is 36.9 Å². The average molecular weight is 268 g/mol. The molecule has 0 radical (unpaired) electrons. The second-order valence-corrected chi connectivity index (χ2v) is 7.17. The Bertz CT molecular complexity index is 491. The normalized spacial score (nSPS) is 20.8. The topological polar surface area (TPSA) is 63.4 Å². The van der Waals surface area contributed by atoms with Crippen molar-refractivity contribution in [2.45, 2.75) is 24.7 Å². The Morgan fingerprint density at radius 2 is 1.78 bits per heavy atom. The summed E-state index contributed by atoms with van der Waals surface area (Å²) in [5.74, 6) is 0. The molecule has 4 nitrogen and oxygen atoms in total. The lowest BCUT2D eigenvalue weighted by atomic mass is 9.81. The fourth-order valence-electron chi connectivity index (χ4n) is 2.21. The lowest BCUT2D eigenvalue weighted by molar-refractivity contribution is 0.183.